The Balaban J connectivity index is 1.28. The number of aromatic nitrogens is 7. The van der Waals surface area contributed by atoms with Crippen LogP contribution in [0, 0.1) is 12.7 Å². The van der Waals surface area contributed by atoms with Gasteiger partial charge in [0.25, 0.3) is 0 Å². The minimum atomic E-state index is -0.485. The summed E-state index contributed by atoms with van der Waals surface area (Å²) in [6.07, 6.45) is 4.42. The summed E-state index contributed by atoms with van der Waals surface area (Å²) in [5, 5.41) is 11.2. The molecule has 1 fully saturated rings. The van der Waals surface area contributed by atoms with E-state index in [4.69, 9.17) is 14.5 Å². The predicted octanol–water partition coefficient (Wildman–Crippen LogP) is 3.92. The molecule has 0 saturated carbocycles. The Morgan fingerprint density at radius 3 is 2.74 bits per heavy atom. The number of ether oxygens (including phenoxy) is 2. The van der Waals surface area contributed by atoms with Crippen LogP contribution in [0.3, 0.4) is 0 Å². The second-order valence-electron chi connectivity index (χ2n) is 10.2. The van der Waals surface area contributed by atoms with Crippen LogP contribution in [-0.2, 0) is 11.8 Å². The van der Waals surface area contributed by atoms with E-state index in [2.05, 4.69) is 37.2 Å². The summed E-state index contributed by atoms with van der Waals surface area (Å²) in [6.45, 7) is 9.13. The predicted molar refractivity (Wildman–Crippen MR) is 158 cm³/mol. The average Bonchev–Trinajstić information content (AvgIpc) is 3.38. The molecule has 1 aliphatic rings. The van der Waals surface area contributed by atoms with E-state index in [9.17, 15) is 9.18 Å². The van der Waals surface area contributed by atoms with E-state index < -0.39 is 5.82 Å². The van der Waals surface area contributed by atoms with Gasteiger partial charge in [0.05, 0.1) is 19.0 Å². The molecule has 1 atom stereocenters. The van der Waals surface area contributed by atoms with Crippen molar-refractivity contribution in [2.24, 2.45) is 7.05 Å². The Bertz CT molecular complexity index is 1880. The summed E-state index contributed by atoms with van der Waals surface area (Å²) in [5.41, 5.74) is 3.15. The van der Waals surface area contributed by atoms with Gasteiger partial charge in [-0.15, -0.1) is 5.10 Å². The molecule has 0 spiro atoms. The molecule has 0 aliphatic carbocycles. The smallest absolute Gasteiger partial charge is 0.246 e. The first-order valence-corrected chi connectivity index (χ1v) is 13.5. The number of halogens is 1. The number of fused-ring (bicyclic) bond motifs is 2. The van der Waals surface area contributed by atoms with Gasteiger partial charge in [0.15, 0.2) is 11.6 Å². The van der Waals surface area contributed by atoms with Crippen LogP contribution in [0.4, 0.5) is 21.8 Å². The molecule has 0 radical (unpaired) electrons. The van der Waals surface area contributed by atoms with Crippen molar-refractivity contribution in [2.45, 2.75) is 19.9 Å². The fraction of sp³-hybridized carbons (Fsp3) is 0.276. The summed E-state index contributed by atoms with van der Waals surface area (Å²) in [5.74, 6) is 1.63. The second-order valence-corrected chi connectivity index (χ2v) is 10.2. The molecule has 3 aromatic heterocycles. The number of amides is 1. The number of nitrogens with zero attached hydrogens (tertiary/aromatic N) is 9. The summed E-state index contributed by atoms with van der Waals surface area (Å²) in [6, 6.07) is 6.46. The molecule has 1 saturated heterocycles. The third-order valence-corrected chi connectivity index (χ3v) is 7.34. The lowest BCUT2D eigenvalue weighted by Crippen LogP contribution is -2.54. The third kappa shape index (κ3) is 5.22. The van der Waals surface area contributed by atoms with E-state index in [1.165, 1.54) is 23.2 Å². The van der Waals surface area contributed by atoms with Gasteiger partial charge in [-0.2, -0.15) is 0 Å². The van der Waals surface area contributed by atoms with Gasteiger partial charge in [0.2, 0.25) is 11.9 Å². The van der Waals surface area contributed by atoms with Gasteiger partial charge >= 0.3 is 0 Å². The fourth-order valence-electron chi connectivity index (χ4n) is 5.15. The van der Waals surface area contributed by atoms with E-state index in [1.54, 1.807) is 37.4 Å². The summed E-state index contributed by atoms with van der Waals surface area (Å²) in [4.78, 5) is 34.1. The zero-order chi connectivity index (χ0) is 30.2. The molecule has 6 rings (SSSR count). The van der Waals surface area contributed by atoms with Crippen molar-refractivity contribution in [3.05, 3.63) is 60.8 Å². The molecule has 2 aromatic carbocycles. The van der Waals surface area contributed by atoms with Crippen LogP contribution < -0.4 is 19.7 Å². The topological polar surface area (TPSA) is 136 Å². The SMILES string of the molecule is C=CC(=O)N1CCN(c2ncc3ncnc(Nc4cc(C)c(Oc5cc(F)c6c(c5)nnn6C)cc4OC)c3n2)C[C@H]1C. The van der Waals surface area contributed by atoms with Crippen molar-refractivity contribution in [1.82, 2.24) is 39.8 Å². The molecule has 0 unspecified atom stereocenters. The molecule has 13 nitrogen and oxygen atoms in total. The number of rotatable bonds is 7. The Kier molecular flexibility index (Phi) is 7.17. The standard InChI is InChI=1S/C29H29FN10O3/c1-6-25(41)40-8-7-39(14-17(40)3)29-31-13-22-26(35-29)28(33-15-32-22)34-20-9-16(2)23(12-24(20)42-5)43-18-10-19(30)27-21(11-18)36-37-38(27)4/h6,9-13,15,17H,1,7-8,14H2,2-5H3,(H,32,33,34)/t17-/m1/s1. The van der Waals surface area contributed by atoms with E-state index in [-0.39, 0.29) is 17.7 Å². The molecule has 43 heavy (non-hydrogen) atoms. The first kappa shape index (κ1) is 27.8. The maximum atomic E-state index is 14.7. The van der Waals surface area contributed by atoms with Gasteiger partial charge in [-0.25, -0.2) is 29.0 Å². The molecule has 220 valence electrons. The first-order chi connectivity index (χ1) is 20.7. The van der Waals surface area contributed by atoms with Crippen LogP contribution in [0.2, 0.25) is 0 Å². The van der Waals surface area contributed by atoms with E-state index in [1.807, 2.05) is 24.8 Å². The Labute approximate surface area is 246 Å². The van der Waals surface area contributed by atoms with Gasteiger partial charge in [-0.1, -0.05) is 11.8 Å². The number of anilines is 3. The lowest BCUT2D eigenvalue weighted by molar-refractivity contribution is -0.128. The number of methoxy groups -OCH3 is 1. The van der Waals surface area contributed by atoms with Crippen LogP contribution in [0.5, 0.6) is 17.2 Å². The molecule has 14 heteroatoms. The molecule has 0 bridgehead atoms. The minimum Gasteiger partial charge on any atom is -0.494 e. The summed E-state index contributed by atoms with van der Waals surface area (Å²) >= 11 is 0. The molecular weight excluding hydrogens is 555 g/mol. The summed E-state index contributed by atoms with van der Waals surface area (Å²) < 4.78 is 27.8. The van der Waals surface area contributed by atoms with Crippen LogP contribution in [0.15, 0.2) is 49.4 Å². The number of piperazine rings is 1. The molecule has 1 amide bonds. The van der Waals surface area contributed by atoms with Crippen molar-refractivity contribution in [3.63, 3.8) is 0 Å². The zero-order valence-electron chi connectivity index (χ0n) is 24.1. The number of hydrogen-bond acceptors (Lipinski definition) is 11. The van der Waals surface area contributed by atoms with Crippen LogP contribution >= 0.6 is 0 Å². The largest absolute Gasteiger partial charge is 0.494 e. The molecule has 4 heterocycles. The number of hydrogen-bond donors (Lipinski definition) is 1. The monoisotopic (exact) mass is 584 g/mol. The van der Waals surface area contributed by atoms with Crippen molar-refractivity contribution in [3.8, 4) is 17.2 Å². The van der Waals surface area contributed by atoms with Crippen molar-refractivity contribution in [1.29, 1.82) is 0 Å². The minimum absolute atomic E-state index is 0.0323. The van der Waals surface area contributed by atoms with Gasteiger partial charge in [0.1, 0.15) is 45.6 Å². The highest BCUT2D eigenvalue weighted by atomic mass is 19.1. The second kappa shape index (κ2) is 11.1. The van der Waals surface area contributed by atoms with E-state index >= 15 is 0 Å². The van der Waals surface area contributed by atoms with Gasteiger partial charge in [-0.05, 0) is 31.6 Å². The quantitative estimate of drug-likeness (QED) is 0.279. The van der Waals surface area contributed by atoms with E-state index in [0.29, 0.717) is 70.7 Å². The number of carbonyl (C=O) groups is 1. The van der Waals surface area contributed by atoms with E-state index in [0.717, 1.165) is 5.56 Å². The first-order valence-electron chi connectivity index (χ1n) is 13.5. The lowest BCUT2D eigenvalue weighted by atomic mass is 10.1. The van der Waals surface area contributed by atoms with Crippen LogP contribution in [0.25, 0.3) is 22.1 Å². The lowest BCUT2D eigenvalue weighted by Gasteiger charge is -2.39. The van der Waals surface area contributed by atoms with Crippen LogP contribution in [-0.4, -0.2) is 78.5 Å². The van der Waals surface area contributed by atoms with Gasteiger partial charge in [0, 0.05) is 50.9 Å². The normalized spacial score (nSPS) is 15.1. The summed E-state index contributed by atoms with van der Waals surface area (Å²) in [7, 11) is 3.17. The van der Waals surface area contributed by atoms with Crippen molar-refractivity contribution in [2.75, 3.05) is 37.0 Å². The van der Waals surface area contributed by atoms with Crippen molar-refractivity contribution >= 4 is 45.4 Å². The van der Waals surface area contributed by atoms with Crippen molar-refractivity contribution < 1.29 is 18.7 Å². The highest BCUT2D eigenvalue weighted by molar-refractivity contribution is 5.89. The Morgan fingerprint density at radius 1 is 1.14 bits per heavy atom. The molecular formula is C29H29FN10O3. The Hall–Kier alpha value is -5.40. The van der Waals surface area contributed by atoms with Crippen LogP contribution in [0.1, 0.15) is 12.5 Å². The number of nitrogens with one attached hydrogen (secondary N) is 1. The molecule has 1 N–H and O–H groups in total. The molecule has 1 aliphatic heterocycles. The number of benzene rings is 2. The maximum Gasteiger partial charge on any atom is 0.246 e. The zero-order valence-corrected chi connectivity index (χ0v) is 24.1. The third-order valence-electron chi connectivity index (χ3n) is 7.34. The molecule has 5 aromatic rings. The highest BCUT2D eigenvalue weighted by Crippen LogP contribution is 2.38. The highest BCUT2D eigenvalue weighted by Gasteiger charge is 2.28. The number of carbonyl (C=O) groups excluding carboxylic acids is 1. The average molecular weight is 585 g/mol. The maximum absolute atomic E-state index is 14.7. The Morgan fingerprint density at radius 2 is 1.98 bits per heavy atom. The van der Waals surface area contributed by atoms with Gasteiger partial charge in [-0.3, -0.25) is 4.79 Å². The fourth-order valence-corrected chi connectivity index (χ4v) is 5.15. The van der Waals surface area contributed by atoms with Gasteiger partial charge < -0.3 is 24.6 Å². The number of aryl methyl sites for hydroxylation is 2.